The van der Waals surface area contributed by atoms with Gasteiger partial charge in [-0.05, 0) is 30.5 Å². The van der Waals surface area contributed by atoms with Gasteiger partial charge in [0.25, 0.3) is 5.91 Å². The van der Waals surface area contributed by atoms with E-state index in [1.807, 2.05) is 53.2 Å². The molecule has 6 rings (SSSR count). The van der Waals surface area contributed by atoms with Crippen molar-refractivity contribution in [1.82, 2.24) is 19.8 Å². The van der Waals surface area contributed by atoms with Crippen LogP contribution in [0, 0.1) is 6.57 Å². The van der Waals surface area contributed by atoms with Crippen LogP contribution >= 0.6 is 11.6 Å². The lowest BCUT2D eigenvalue weighted by Crippen LogP contribution is -2.57. The Bertz CT molecular complexity index is 1630. The van der Waals surface area contributed by atoms with Crippen molar-refractivity contribution in [3.63, 3.8) is 0 Å². The number of carbonyl (C=O) groups is 1. The van der Waals surface area contributed by atoms with Gasteiger partial charge in [-0.15, -0.1) is 0 Å². The van der Waals surface area contributed by atoms with Crippen molar-refractivity contribution in [2.45, 2.75) is 43.8 Å². The number of anilines is 1. The maximum Gasteiger partial charge on any atom is 0.318 e. The normalized spacial score (nSPS) is 23.8. The highest BCUT2D eigenvalue weighted by Crippen LogP contribution is 2.39. The van der Waals surface area contributed by atoms with Crippen LogP contribution in [0.1, 0.15) is 29.3 Å². The summed E-state index contributed by atoms with van der Waals surface area (Å²) in [5.41, 5.74) is 2.50. The Morgan fingerprint density at radius 1 is 1.20 bits per heavy atom. The third-order valence-electron chi connectivity index (χ3n) is 8.71. The molecule has 1 amide bonds. The second-order valence-corrected chi connectivity index (χ2v) is 11.9. The molecule has 0 aliphatic carbocycles. The van der Waals surface area contributed by atoms with Crippen molar-refractivity contribution in [3.8, 4) is 6.01 Å². The minimum absolute atomic E-state index is 0.00494. The molecule has 2 saturated heterocycles. The SMILES string of the molecule is [C-]#[N+]C[C@H]1CN(c2nc(OC[C@@H]3C[C@H](F)CN3C)nc3c2COC(c2cccc4cccc(Cl)c24)C3)CCN1C(=O)C(=C)F. The van der Waals surface area contributed by atoms with E-state index in [4.69, 9.17) is 37.6 Å². The summed E-state index contributed by atoms with van der Waals surface area (Å²) >= 11 is 6.64. The van der Waals surface area contributed by atoms with E-state index < -0.39 is 23.9 Å². The maximum atomic E-state index is 14.0. The molecule has 1 aromatic heterocycles. The molecule has 2 fully saturated rings. The van der Waals surface area contributed by atoms with Gasteiger partial charge in [-0.25, -0.2) is 15.4 Å². The van der Waals surface area contributed by atoms with Crippen molar-refractivity contribution >= 4 is 34.1 Å². The first-order valence-corrected chi connectivity index (χ1v) is 15.0. The molecule has 3 aliphatic heterocycles. The van der Waals surface area contributed by atoms with Gasteiger partial charge in [-0.3, -0.25) is 9.69 Å². The predicted molar refractivity (Wildman–Crippen MR) is 163 cm³/mol. The molecule has 1 unspecified atom stereocenters. The number of likely N-dealkylation sites (tertiary alicyclic amines) is 1. The molecule has 0 N–H and O–H groups in total. The first-order valence-electron chi connectivity index (χ1n) is 14.6. The summed E-state index contributed by atoms with van der Waals surface area (Å²) in [5.74, 6) is -1.27. The summed E-state index contributed by atoms with van der Waals surface area (Å²) in [5, 5.41) is 2.58. The molecule has 0 spiro atoms. The number of amides is 1. The van der Waals surface area contributed by atoms with Crippen LogP contribution in [-0.2, 0) is 22.6 Å². The number of alkyl halides is 1. The Kier molecular flexibility index (Phi) is 8.67. The standard InChI is InChI=1S/C32H33ClF2N6O3/c1-19(34)31(42)41-11-10-40(16-23(41)14-36-2)30-25-18-43-28(24-8-4-6-20-7-5-9-26(33)29(20)24)13-27(25)37-32(38-30)44-17-22-12-21(35)15-39(22)3/h4-9,21-23,28H,1,10-18H2,3H3/t21-,22-,23-,28?/m0/s1. The fourth-order valence-corrected chi connectivity index (χ4v) is 6.75. The highest BCUT2D eigenvalue weighted by atomic mass is 35.5. The number of rotatable bonds is 7. The van der Waals surface area contributed by atoms with Gasteiger partial charge in [0.15, 0.2) is 5.83 Å². The Balaban J connectivity index is 1.34. The summed E-state index contributed by atoms with van der Waals surface area (Å²) in [6.07, 6.45) is -0.416. The number of hydrogen-bond donors (Lipinski definition) is 0. The van der Waals surface area contributed by atoms with Gasteiger partial charge in [0, 0.05) is 54.6 Å². The molecule has 2 aromatic carbocycles. The first-order chi connectivity index (χ1) is 21.2. The molecule has 0 bridgehead atoms. The van der Waals surface area contributed by atoms with E-state index >= 15 is 0 Å². The number of aromatic nitrogens is 2. The lowest BCUT2D eigenvalue weighted by atomic mass is 9.94. The molecule has 3 aliphatic rings. The van der Waals surface area contributed by atoms with Crippen molar-refractivity contribution in [3.05, 3.63) is 82.1 Å². The van der Waals surface area contributed by atoms with Crippen LogP contribution in [0.25, 0.3) is 15.6 Å². The van der Waals surface area contributed by atoms with E-state index in [2.05, 4.69) is 11.4 Å². The van der Waals surface area contributed by atoms with Crippen LogP contribution in [-0.4, -0.2) is 90.3 Å². The van der Waals surface area contributed by atoms with Gasteiger partial charge in [-0.1, -0.05) is 48.5 Å². The average molecular weight is 623 g/mol. The fourth-order valence-electron chi connectivity index (χ4n) is 6.46. The van der Waals surface area contributed by atoms with Crippen LogP contribution < -0.4 is 9.64 Å². The van der Waals surface area contributed by atoms with E-state index in [0.717, 1.165) is 27.6 Å². The number of fused-ring (bicyclic) bond motifs is 2. The number of ether oxygens (including phenoxy) is 2. The third kappa shape index (κ3) is 5.94. The molecular formula is C32H33ClF2N6O3. The van der Waals surface area contributed by atoms with E-state index in [1.54, 1.807) is 0 Å². The lowest BCUT2D eigenvalue weighted by Gasteiger charge is -2.40. The van der Waals surface area contributed by atoms with Crippen LogP contribution in [0.4, 0.5) is 14.6 Å². The Labute approximate surface area is 259 Å². The topological polar surface area (TPSA) is 75.4 Å². The number of likely N-dealkylation sites (N-methyl/N-ethyl adjacent to an activating group) is 1. The number of halogens is 3. The molecule has 44 heavy (non-hydrogen) atoms. The molecule has 4 atom stereocenters. The van der Waals surface area contributed by atoms with Gasteiger partial charge in [0.05, 0.1) is 18.4 Å². The molecule has 230 valence electrons. The summed E-state index contributed by atoms with van der Waals surface area (Å²) in [6, 6.07) is 11.3. The van der Waals surface area contributed by atoms with Gasteiger partial charge in [0.2, 0.25) is 6.54 Å². The highest BCUT2D eigenvalue weighted by Gasteiger charge is 2.37. The fraction of sp³-hybridized carbons (Fsp3) is 0.438. The molecule has 0 radical (unpaired) electrons. The summed E-state index contributed by atoms with van der Waals surface area (Å²) in [4.78, 5) is 30.9. The number of piperazine rings is 1. The zero-order valence-corrected chi connectivity index (χ0v) is 25.1. The van der Waals surface area contributed by atoms with E-state index in [1.165, 1.54) is 4.90 Å². The number of nitrogens with zero attached hydrogens (tertiary/aromatic N) is 6. The van der Waals surface area contributed by atoms with Gasteiger partial charge in [-0.2, -0.15) is 9.97 Å². The third-order valence-corrected chi connectivity index (χ3v) is 9.03. The van der Waals surface area contributed by atoms with Crippen molar-refractivity contribution in [1.29, 1.82) is 0 Å². The monoisotopic (exact) mass is 622 g/mol. The summed E-state index contributed by atoms with van der Waals surface area (Å²) in [7, 11) is 1.87. The zero-order chi connectivity index (χ0) is 31.0. The molecule has 4 heterocycles. The quantitative estimate of drug-likeness (QED) is 0.273. The largest absolute Gasteiger partial charge is 0.462 e. The van der Waals surface area contributed by atoms with Crippen LogP contribution in [0.3, 0.4) is 0 Å². The molecule has 12 heteroatoms. The van der Waals surface area contributed by atoms with Gasteiger partial charge < -0.3 is 24.1 Å². The summed E-state index contributed by atoms with van der Waals surface area (Å²) in [6.45, 7) is 12.2. The Morgan fingerprint density at radius 2 is 2.00 bits per heavy atom. The highest BCUT2D eigenvalue weighted by molar-refractivity contribution is 6.35. The number of carbonyl (C=O) groups excluding carboxylic acids is 1. The lowest BCUT2D eigenvalue weighted by molar-refractivity contribution is -0.131. The minimum Gasteiger partial charge on any atom is -0.462 e. The number of benzene rings is 2. The Hall–Kier alpha value is -3.85. The number of hydrogen-bond acceptors (Lipinski definition) is 7. The average Bonchev–Trinajstić information content (AvgIpc) is 3.35. The predicted octanol–water partition coefficient (Wildman–Crippen LogP) is 4.94. The van der Waals surface area contributed by atoms with E-state index in [0.29, 0.717) is 36.8 Å². The van der Waals surface area contributed by atoms with E-state index in [-0.39, 0.29) is 51.0 Å². The summed E-state index contributed by atoms with van der Waals surface area (Å²) < 4.78 is 40.4. The second kappa shape index (κ2) is 12.6. The van der Waals surface area contributed by atoms with Crippen molar-refractivity contribution in [2.24, 2.45) is 0 Å². The first kappa shape index (κ1) is 30.2. The molecule has 9 nitrogen and oxygen atoms in total. The Morgan fingerprint density at radius 3 is 2.73 bits per heavy atom. The van der Waals surface area contributed by atoms with Crippen LogP contribution in [0.15, 0.2) is 48.8 Å². The second-order valence-electron chi connectivity index (χ2n) is 11.5. The van der Waals surface area contributed by atoms with Gasteiger partial charge >= 0.3 is 6.01 Å². The molecular weight excluding hydrogens is 590 g/mol. The van der Waals surface area contributed by atoms with Crippen molar-refractivity contribution < 1.29 is 23.0 Å². The molecule has 3 aromatic rings. The zero-order valence-electron chi connectivity index (χ0n) is 24.4. The van der Waals surface area contributed by atoms with E-state index in [9.17, 15) is 13.6 Å². The maximum absolute atomic E-state index is 14.0. The molecule has 0 saturated carbocycles. The smallest absolute Gasteiger partial charge is 0.318 e. The van der Waals surface area contributed by atoms with Crippen LogP contribution in [0.2, 0.25) is 5.02 Å². The van der Waals surface area contributed by atoms with Crippen LogP contribution in [0.5, 0.6) is 6.01 Å². The van der Waals surface area contributed by atoms with Gasteiger partial charge in [0.1, 0.15) is 24.6 Å². The van der Waals surface area contributed by atoms with Crippen molar-refractivity contribution in [2.75, 3.05) is 51.3 Å². The minimum atomic E-state index is -1.05.